The highest BCUT2D eigenvalue weighted by atomic mass is 32.2. The average molecular weight is 426 g/mol. The molecule has 3 heterocycles. The fourth-order valence-electron chi connectivity index (χ4n) is 4.46. The molecular weight excluding hydrogens is 402 g/mol. The maximum atomic E-state index is 13.1. The third-order valence-corrected chi connectivity index (χ3v) is 7.77. The molecule has 7 heteroatoms. The highest BCUT2D eigenvalue weighted by Gasteiger charge is 2.39. The number of hydrogen-bond donors (Lipinski definition) is 0. The van der Waals surface area contributed by atoms with E-state index < -0.39 is 9.84 Å². The summed E-state index contributed by atoms with van der Waals surface area (Å²) in [5.41, 5.74) is 4.21. The Bertz CT molecular complexity index is 1200. The number of carbonyl (C=O) groups is 1. The lowest BCUT2D eigenvalue weighted by molar-refractivity contribution is 0.0633. The third-order valence-electron chi connectivity index (χ3n) is 6.02. The van der Waals surface area contributed by atoms with Crippen molar-refractivity contribution in [2.45, 2.75) is 32.9 Å². The van der Waals surface area contributed by atoms with Crippen LogP contribution in [0.15, 0.2) is 36.1 Å². The summed E-state index contributed by atoms with van der Waals surface area (Å²) in [7, 11) is -2.99. The van der Waals surface area contributed by atoms with Gasteiger partial charge < -0.3 is 9.47 Å². The number of fused-ring (bicyclic) bond motifs is 3. The van der Waals surface area contributed by atoms with E-state index in [1.807, 2.05) is 49.1 Å². The van der Waals surface area contributed by atoms with Crippen molar-refractivity contribution in [3.8, 4) is 11.5 Å². The van der Waals surface area contributed by atoms with E-state index in [1.165, 1.54) is 0 Å². The number of nitrogens with zero attached hydrogens (tertiary/aromatic N) is 1. The summed E-state index contributed by atoms with van der Waals surface area (Å²) in [6.45, 7) is 4.73. The Morgan fingerprint density at radius 2 is 2.03 bits per heavy atom. The molecule has 0 amide bonds. The smallest absolute Gasteiger partial charge is 0.232 e. The standard InChI is InChI=1S/C23H23NO5S/c1-14-4-3-5-16(8-14)10-20-22(25)21-15(2)9-19-18(23(21)29-20)11-24(13-28-19)17-6-7-30(26,27)12-17/h3-5,8-10,17H,6-7,11-13H2,1-2H3/b20-10-. The van der Waals surface area contributed by atoms with Crippen molar-refractivity contribution >= 4 is 21.7 Å². The van der Waals surface area contributed by atoms with Gasteiger partial charge in [-0.3, -0.25) is 9.69 Å². The number of aryl methyl sites for hydroxylation is 2. The van der Waals surface area contributed by atoms with Crippen molar-refractivity contribution in [2.24, 2.45) is 0 Å². The molecule has 0 aliphatic carbocycles. The van der Waals surface area contributed by atoms with Crippen LogP contribution >= 0.6 is 0 Å². The number of ether oxygens (including phenoxy) is 2. The maximum Gasteiger partial charge on any atom is 0.232 e. The maximum absolute atomic E-state index is 13.1. The van der Waals surface area contributed by atoms with Crippen LogP contribution in [0.4, 0.5) is 0 Å². The number of Topliss-reactive ketones (excluding diaryl/α,β-unsaturated/α-hetero) is 1. The topological polar surface area (TPSA) is 72.9 Å². The fourth-order valence-corrected chi connectivity index (χ4v) is 6.22. The second kappa shape index (κ2) is 6.96. The average Bonchev–Trinajstić information content (AvgIpc) is 3.22. The zero-order valence-electron chi connectivity index (χ0n) is 17.0. The zero-order chi connectivity index (χ0) is 21.0. The number of hydrogen-bond acceptors (Lipinski definition) is 6. The van der Waals surface area contributed by atoms with Crippen LogP contribution < -0.4 is 9.47 Å². The van der Waals surface area contributed by atoms with Gasteiger partial charge >= 0.3 is 0 Å². The Morgan fingerprint density at radius 1 is 1.20 bits per heavy atom. The molecule has 0 radical (unpaired) electrons. The number of rotatable bonds is 2. The van der Waals surface area contributed by atoms with Gasteiger partial charge in [0.25, 0.3) is 0 Å². The summed E-state index contributed by atoms with van der Waals surface area (Å²) < 4.78 is 35.8. The Kier molecular flexibility index (Phi) is 4.48. The number of sulfone groups is 1. The van der Waals surface area contributed by atoms with Crippen LogP contribution in [0.5, 0.6) is 11.5 Å². The number of benzene rings is 2. The van der Waals surface area contributed by atoms with Gasteiger partial charge in [0.15, 0.2) is 15.6 Å². The van der Waals surface area contributed by atoms with Gasteiger partial charge in [-0.25, -0.2) is 8.42 Å². The molecule has 3 aliphatic heterocycles. The predicted octanol–water partition coefficient (Wildman–Crippen LogP) is 3.26. The van der Waals surface area contributed by atoms with Gasteiger partial charge in [0.05, 0.1) is 22.6 Å². The van der Waals surface area contributed by atoms with E-state index in [0.29, 0.717) is 42.5 Å². The fraction of sp³-hybridized carbons (Fsp3) is 0.348. The Morgan fingerprint density at radius 3 is 2.77 bits per heavy atom. The van der Waals surface area contributed by atoms with Gasteiger partial charge in [-0.1, -0.05) is 29.8 Å². The van der Waals surface area contributed by atoms with Gasteiger partial charge in [0.1, 0.15) is 18.2 Å². The van der Waals surface area contributed by atoms with Gasteiger partial charge in [-0.05, 0) is 43.5 Å². The molecule has 6 nitrogen and oxygen atoms in total. The zero-order valence-corrected chi connectivity index (χ0v) is 17.8. The SMILES string of the molecule is Cc1cccc(/C=C2\Oc3c4c(cc(C)c3C2=O)OCN(C2CCS(=O)(=O)C2)C4)c1. The van der Waals surface area contributed by atoms with E-state index in [9.17, 15) is 13.2 Å². The van der Waals surface area contributed by atoms with E-state index >= 15 is 0 Å². The molecule has 1 unspecified atom stereocenters. The van der Waals surface area contributed by atoms with E-state index in [-0.39, 0.29) is 23.3 Å². The van der Waals surface area contributed by atoms with Crippen LogP contribution in [0, 0.1) is 13.8 Å². The first-order chi connectivity index (χ1) is 14.3. The first kappa shape index (κ1) is 19.3. The van der Waals surface area contributed by atoms with Crippen LogP contribution in [-0.4, -0.2) is 43.4 Å². The summed E-state index contributed by atoms with van der Waals surface area (Å²) in [5, 5.41) is 0. The summed E-state index contributed by atoms with van der Waals surface area (Å²) in [4.78, 5) is 15.1. The third kappa shape index (κ3) is 3.32. The first-order valence-electron chi connectivity index (χ1n) is 10.1. The number of allylic oxidation sites excluding steroid dienone is 1. The van der Waals surface area contributed by atoms with Gasteiger partial charge in [0.2, 0.25) is 5.78 Å². The molecule has 0 aromatic heterocycles. The molecule has 0 spiro atoms. The predicted molar refractivity (Wildman–Crippen MR) is 113 cm³/mol. The minimum atomic E-state index is -2.99. The lowest BCUT2D eigenvalue weighted by atomic mass is 9.98. The minimum absolute atomic E-state index is 0.0699. The molecule has 2 aromatic carbocycles. The summed E-state index contributed by atoms with van der Waals surface area (Å²) in [6, 6.07) is 9.70. The molecule has 30 heavy (non-hydrogen) atoms. The molecule has 5 rings (SSSR count). The molecule has 0 N–H and O–H groups in total. The van der Waals surface area contributed by atoms with Crippen LogP contribution in [0.2, 0.25) is 0 Å². The second-order valence-corrected chi connectivity index (χ2v) is 10.5. The van der Waals surface area contributed by atoms with E-state index in [2.05, 4.69) is 0 Å². The number of ketones is 1. The van der Waals surface area contributed by atoms with Crippen LogP contribution in [-0.2, 0) is 16.4 Å². The quantitative estimate of drug-likeness (QED) is 0.688. The molecule has 2 aromatic rings. The lowest BCUT2D eigenvalue weighted by Gasteiger charge is -2.33. The van der Waals surface area contributed by atoms with Crippen molar-refractivity contribution in [3.63, 3.8) is 0 Å². The molecule has 156 valence electrons. The molecule has 1 atom stereocenters. The largest absolute Gasteiger partial charge is 0.478 e. The number of carbonyl (C=O) groups excluding carboxylic acids is 1. The van der Waals surface area contributed by atoms with Crippen LogP contribution in [0.25, 0.3) is 6.08 Å². The molecular formula is C23H23NO5S. The van der Waals surface area contributed by atoms with Crippen molar-refractivity contribution in [1.82, 2.24) is 4.90 Å². The lowest BCUT2D eigenvalue weighted by Crippen LogP contribution is -2.41. The Balaban J connectivity index is 1.50. The van der Waals surface area contributed by atoms with E-state index in [0.717, 1.165) is 22.3 Å². The monoisotopic (exact) mass is 425 g/mol. The highest BCUT2D eigenvalue weighted by Crippen LogP contribution is 2.44. The highest BCUT2D eigenvalue weighted by molar-refractivity contribution is 7.91. The van der Waals surface area contributed by atoms with Crippen LogP contribution in [0.1, 0.15) is 39.0 Å². The van der Waals surface area contributed by atoms with Crippen molar-refractivity contribution in [1.29, 1.82) is 0 Å². The molecule has 1 fully saturated rings. The first-order valence-corrected chi connectivity index (χ1v) is 11.9. The van der Waals surface area contributed by atoms with Crippen LogP contribution in [0.3, 0.4) is 0 Å². The Labute approximate surface area is 176 Å². The summed E-state index contributed by atoms with van der Waals surface area (Å²) in [5.74, 6) is 1.77. The summed E-state index contributed by atoms with van der Waals surface area (Å²) in [6.07, 6.45) is 2.37. The molecule has 3 aliphatic rings. The van der Waals surface area contributed by atoms with E-state index in [4.69, 9.17) is 9.47 Å². The Hall–Kier alpha value is -2.64. The molecule has 0 bridgehead atoms. The van der Waals surface area contributed by atoms with Crippen molar-refractivity contribution < 1.29 is 22.7 Å². The van der Waals surface area contributed by atoms with Gasteiger partial charge in [0, 0.05) is 12.6 Å². The van der Waals surface area contributed by atoms with Gasteiger partial charge in [-0.15, -0.1) is 0 Å². The van der Waals surface area contributed by atoms with E-state index in [1.54, 1.807) is 6.08 Å². The minimum Gasteiger partial charge on any atom is -0.478 e. The normalized spacial score (nSPS) is 23.7. The van der Waals surface area contributed by atoms with Gasteiger partial charge in [-0.2, -0.15) is 0 Å². The summed E-state index contributed by atoms with van der Waals surface area (Å²) >= 11 is 0. The second-order valence-electron chi connectivity index (χ2n) is 8.31. The van der Waals surface area contributed by atoms with Crippen molar-refractivity contribution in [2.75, 3.05) is 18.2 Å². The molecule has 0 saturated carbocycles. The molecule has 1 saturated heterocycles. The van der Waals surface area contributed by atoms with Crippen molar-refractivity contribution in [3.05, 3.63) is 63.9 Å².